The number of fused-ring (bicyclic) bond motifs is 4. The van der Waals surface area contributed by atoms with Crippen molar-refractivity contribution in [1.29, 1.82) is 0 Å². The van der Waals surface area contributed by atoms with Crippen molar-refractivity contribution in [2.75, 3.05) is 7.11 Å². The van der Waals surface area contributed by atoms with Crippen LogP contribution in [0.5, 0.6) is 11.5 Å². The van der Waals surface area contributed by atoms with E-state index in [-0.39, 0.29) is 42.1 Å². The van der Waals surface area contributed by atoms with Gasteiger partial charge in [0.2, 0.25) is 11.8 Å². The lowest BCUT2D eigenvalue weighted by Crippen LogP contribution is -2.58. The number of ketones is 2. The molecule has 240 valence electrons. The van der Waals surface area contributed by atoms with E-state index in [4.69, 9.17) is 4.74 Å². The Hall–Kier alpha value is -5.08. The third-order valence-corrected chi connectivity index (χ3v) is 11.8. The average Bonchev–Trinajstić information content (AvgIpc) is 3.72. The van der Waals surface area contributed by atoms with Gasteiger partial charge in [0, 0.05) is 27.8 Å². The van der Waals surface area contributed by atoms with Gasteiger partial charge in [0.15, 0.2) is 11.6 Å². The van der Waals surface area contributed by atoms with Crippen LogP contribution in [0, 0.1) is 23.7 Å². The van der Waals surface area contributed by atoms with Gasteiger partial charge in [-0.25, -0.2) is 0 Å². The number of allylic oxidation sites excluding steroid dienone is 4. The number of nitrogens with zero attached hydrogens (tertiary/aromatic N) is 1. The van der Waals surface area contributed by atoms with Crippen LogP contribution in [-0.2, 0) is 31.1 Å². The zero-order valence-corrected chi connectivity index (χ0v) is 27.1. The first-order valence-corrected chi connectivity index (χ1v) is 17.1. The molecule has 48 heavy (non-hydrogen) atoms. The molecule has 4 aromatic rings. The molecule has 2 amide bonds. The third kappa shape index (κ3) is 4.39. The van der Waals surface area contributed by atoms with Gasteiger partial charge in [-0.15, -0.1) is 11.3 Å². The molecule has 0 spiro atoms. The second-order valence-corrected chi connectivity index (χ2v) is 14.1. The second kappa shape index (κ2) is 11.6. The van der Waals surface area contributed by atoms with E-state index >= 15 is 4.79 Å². The molecular formula is C40H33NO6S. The van der Waals surface area contributed by atoms with Crippen LogP contribution in [0.15, 0.2) is 114 Å². The highest BCUT2D eigenvalue weighted by molar-refractivity contribution is 7.09. The molecule has 1 aliphatic heterocycles. The van der Waals surface area contributed by atoms with E-state index in [2.05, 4.69) is 0 Å². The molecular weight excluding hydrogens is 623 g/mol. The highest BCUT2D eigenvalue weighted by Gasteiger charge is 2.66. The molecule has 7 nitrogen and oxygen atoms in total. The lowest BCUT2D eigenvalue weighted by molar-refractivity contribution is -0.141. The monoisotopic (exact) mass is 655 g/mol. The van der Waals surface area contributed by atoms with E-state index in [1.165, 1.54) is 29.4 Å². The molecule has 6 atom stereocenters. The summed E-state index contributed by atoms with van der Waals surface area (Å²) >= 11 is 1.50. The number of carbonyl (C=O) groups is 4. The van der Waals surface area contributed by atoms with E-state index in [0.29, 0.717) is 34.4 Å². The number of ether oxygens (including phenoxy) is 1. The van der Waals surface area contributed by atoms with Crippen LogP contribution in [0.1, 0.15) is 40.3 Å². The van der Waals surface area contributed by atoms with E-state index in [1.807, 2.05) is 84.3 Å². The van der Waals surface area contributed by atoms with Crippen molar-refractivity contribution >= 4 is 40.3 Å². The number of aromatic hydroxyl groups is 1. The van der Waals surface area contributed by atoms with E-state index in [1.54, 1.807) is 18.2 Å². The van der Waals surface area contributed by atoms with Gasteiger partial charge in [0.05, 0.1) is 30.9 Å². The third-order valence-electron chi connectivity index (χ3n) is 10.9. The summed E-state index contributed by atoms with van der Waals surface area (Å²) in [6.45, 7) is 0.209. The lowest BCUT2D eigenvalue weighted by atomic mass is 9.44. The number of phenols is 1. The summed E-state index contributed by atoms with van der Waals surface area (Å²) in [7, 11) is 1.54. The van der Waals surface area contributed by atoms with E-state index < -0.39 is 35.0 Å². The predicted octanol–water partition coefficient (Wildman–Crippen LogP) is 6.49. The first-order valence-electron chi connectivity index (χ1n) is 16.2. The number of likely N-dealkylation sites (tertiary alicyclic amines) is 1. The molecule has 8 rings (SSSR count). The number of benzene rings is 3. The molecule has 2 fully saturated rings. The lowest BCUT2D eigenvalue weighted by Gasteiger charge is -2.55. The van der Waals surface area contributed by atoms with Gasteiger partial charge in [0.1, 0.15) is 11.5 Å². The summed E-state index contributed by atoms with van der Waals surface area (Å²) in [5, 5.41) is 13.5. The first-order chi connectivity index (χ1) is 23.3. The number of imide groups is 1. The molecule has 6 unspecified atom stereocenters. The Morgan fingerprint density at radius 3 is 2.35 bits per heavy atom. The largest absolute Gasteiger partial charge is 0.508 e. The maximum absolute atomic E-state index is 15.1. The molecule has 2 heterocycles. The van der Waals surface area contributed by atoms with E-state index in [0.717, 1.165) is 10.5 Å². The molecule has 3 aliphatic carbocycles. The fourth-order valence-corrected chi connectivity index (χ4v) is 9.58. The minimum Gasteiger partial charge on any atom is -0.508 e. The normalized spacial score (nSPS) is 27.9. The Labute approximate surface area is 282 Å². The van der Waals surface area contributed by atoms with Crippen LogP contribution < -0.4 is 4.74 Å². The van der Waals surface area contributed by atoms with Crippen LogP contribution in [0.3, 0.4) is 0 Å². The quantitative estimate of drug-likeness (QED) is 0.188. The molecule has 3 aromatic carbocycles. The van der Waals surface area contributed by atoms with Crippen molar-refractivity contribution in [3.63, 3.8) is 0 Å². The predicted molar refractivity (Wildman–Crippen MR) is 181 cm³/mol. The summed E-state index contributed by atoms with van der Waals surface area (Å²) in [5.74, 6) is -3.86. The number of hydrogen-bond acceptors (Lipinski definition) is 7. The van der Waals surface area contributed by atoms with Crippen LogP contribution in [-0.4, -0.2) is 40.5 Å². The molecule has 1 aromatic heterocycles. The Kier molecular flexibility index (Phi) is 7.29. The number of methoxy groups -OCH3 is 1. The number of thiophene rings is 1. The van der Waals surface area contributed by atoms with Crippen LogP contribution in [0.25, 0.3) is 5.57 Å². The average molecular weight is 656 g/mol. The fourth-order valence-electron chi connectivity index (χ4n) is 8.89. The maximum Gasteiger partial charge on any atom is 0.234 e. The van der Waals surface area contributed by atoms with Crippen molar-refractivity contribution in [2.24, 2.45) is 23.7 Å². The number of rotatable bonds is 6. The molecule has 1 saturated carbocycles. The fraction of sp³-hybridized carbons (Fsp3) is 0.250. The topological polar surface area (TPSA) is 101 Å². The van der Waals surface area contributed by atoms with Gasteiger partial charge in [-0.3, -0.25) is 24.1 Å². The maximum atomic E-state index is 15.1. The summed E-state index contributed by atoms with van der Waals surface area (Å²) in [5.41, 5.74) is 1.48. The SMILES string of the molecule is COc1ccc(O)c(C2C3=CCC4C(=O)N(Cc5cccs5)C(=O)C4C3CC3C(=O)C(c4ccccc4)=CC(=O)C32c2ccccc2)c1. The van der Waals surface area contributed by atoms with E-state index in [9.17, 15) is 19.5 Å². The highest BCUT2D eigenvalue weighted by Crippen LogP contribution is 2.64. The first kappa shape index (κ1) is 30.3. The molecule has 0 bridgehead atoms. The zero-order chi connectivity index (χ0) is 33.2. The van der Waals surface area contributed by atoms with Gasteiger partial charge in [-0.1, -0.05) is 78.4 Å². The van der Waals surface area contributed by atoms with Gasteiger partial charge >= 0.3 is 0 Å². The molecule has 1 N–H and O–H groups in total. The number of hydrogen-bond donors (Lipinski definition) is 1. The van der Waals surface area contributed by atoms with Gasteiger partial charge in [-0.05, 0) is 65.6 Å². The van der Waals surface area contributed by atoms with Crippen molar-refractivity contribution in [3.8, 4) is 11.5 Å². The Morgan fingerprint density at radius 1 is 0.896 bits per heavy atom. The summed E-state index contributed by atoms with van der Waals surface area (Å²) in [6, 6.07) is 27.3. The number of Topliss-reactive ketones (excluding diaryl/α,β-unsaturated/α-hetero) is 1. The van der Waals surface area contributed by atoms with Crippen LogP contribution in [0.4, 0.5) is 0 Å². The van der Waals surface area contributed by atoms with Crippen LogP contribution in [0.2, 0.25) is 0 Å². The highest BCUT2D eigenvalue weighted by atomic mass is 32.1. The van der Waals surface area contributed by atoms with Crippen molar-refractivity contribution in [3.05, 3.63) is 136 Å². The number of amides is 2. The number of carbonyl (C=O) groups excluding carboxylic acids is 4. The van der Waals surface area contributed by atoms with Crippen molar-refractivity contribution < 1.29 is 29.0 Å². The summed E-state index contributed by atoms with van der Waals surface area (Å²) in [4.78, 5) is 60.5. The standard InChI is InChI=1S/C40H33NO6S/c1-47-25-14-17-33(42)31(19-25)36-27-15-16-28-35(39(46)41(38(28)45)22-26-13-8-18-48-26)30(27)20-32-37(44)29(23-9-4-2-5-10-23)21-34(43)40(32,36)24-11-6-3-7-12-24/h2-15,17-19,21,28,30,32,35-36,42H,16,20,22H2,1H3. The second-order valence-electron chi connectivity index (χ2n) is 13.1. The van der Waals surface area contributed by atoms with Crippen molar-refractivity contribution in [2.45, 2.75) is 30.7 Å². The Bertz CT molecular complexity index is 2020. The molecule has 0 radical (unpaired) electrons. The Balaban J connectivity index is 1.36. The smallest absolute Gasteiger partial charge is 0.234 e. The molecule has 8 heteroatoms. The van der Waals surface area contributed by atoms with Gasteiger partial charge < -0.3 is 9.84 Å². The molecule has 1 saturated heterocycles. The summed E-state index contributed by atoms with van der Waals surface area (Å²) in [6.07, 6.45) is 4.02. The van der Waals surface area contributed by atoms with Gasteiger partial charge in [0.25, 0.3) is 0 Å². The van der Waals surface area contributed by atoms with Gasteiger partial charge in [-0.2, -0.15) is 0 Å². The minimum atomic E-state index is -1.42. The zero-order valence-electron chi connectivity index (χ0n) is 26.2. The van der Waals surface area contributed by atoms with Crippen LogP contribution >= 0.6 is 11.3 Å². The Morgan fingerprint density at radius 2 is 1.65 bits per heavy atom. The summed E-state index contributed by atoms with van der Waals surface area (Å²) < 4.78 is 5.60. The van der Waals surface area contributed by atoms with Crippen molar-refractivity contribution in [1.82, 2.24) is 4.90 Å². The minimum absolute atomic E-state index is 0.0373. The number of phenolic OH excluding ortho intramolecular Hbond substituents is 1. The molecule has 4 aliphatic rings.